The van der Waals surface area contributed by atoms with Gasteiger partial charge >= 0.3 is 6.03 Å². The molecule has 1 aliphatic rings. The molecule has 1 aromatic carbocycles. The number of ether oxygens (including phenoxy) is 2. The van der Waals surface area contributed by atoms with Gasteiger partial charge in [-0.3, -0.25) is 0 Å². The molecular weight excluding hydrogens is 292 g/mol. The van der Waals surface area contributed by atoms with E-state index in [0.29, 0.717) is 24.7 Å². The number of benzene rings is 1. The first kappa shape index (κ1) is 15.9. The van der Waals surface area contributed by atoms with Gasteiger partial charge in [-0.2, -0.15) is 0 Å². The third kappa shape index (κ3) is 5.44. The van der Waals surface area contributed by atoms with E-state index in [4.69, 9.17) is 21.1 Å². The van der Waals surface area contributed by atoms with E-state index in [9.17, 15) is 4.79 Å². The highest BCUT2D eigenvalue weighted by molar-refractivity contribution is 6.31. The van der Waals surface area contributed by atoms with Gasteiger partial charge in [-0.15, -0.1) is 0 Å². The average molecular weight is 313 g/mol. The smallest absolute Gasteiger partial charge is 0.315 e. The highest BCUT2D eigenvalue weighted by atomic mass is 35.5. The van der Waals surface area contributed by atoms with E-state index in [-0.39, 0.29) is 12.1 Å². The maximum atomic E-state index is 11.6. The molecule has 116 valence electrons. The lowest BCUT2D eigenvalue weighted by Gasteiger charge is -2.12. The predicted molar refractivity (Wildman–Crippen MR) is 82.1 cm³/mol. The molecule has 2 rings (SSSR count). The molecule has 5 nitrogen and oxygen atoms in total. The van der Waals surface area contributed by atoms with Crippen LogP contribution in [0.1, 0.15) is 18.4 Å². The molecule has 1 unspecified atom stereocenters. The van der Waals surface area contributed by atoms with Crippen molar-refractivity contribution in [2.45, 2.75) is 25.9 Å². The van der Waals surface area contributed by atoms with Gasteiger partial charge in [-0.25, -0.2) is 4.79 Å². The number of aryl methyl sites for hydroxylation is 1. The zero-order valence-electron chi connectivity index (χ0n) is 12.2. The summed E-state index contributed by atoms with van der Waals surface area (Å²) in [7, 11) is 0. The second-order valence-electron chi connectivity index (χ2n) is 5.03. The fraction of sp³-hybridized carbons (Fsp3) is 0.533. The molecule has 2 amide bonds. The Hall–Kier alpha value is -1.46. The van der Waals surface area contributed by atoms with Crippen molar-refractivity contribution in [1.29, 1.82) is 0 Å². The summed E-state index contributed by atoms with van der Waals surface area (Å²) in [5.74, 6) is 0.749. The summed E-state index contributed by atoms with van der Waals surface area (Å²) in [6.07, 6.45) is 2.24. The first-order chi connectivity index (χ1) is 10.1. The number of hydrogen-bond acceptors (Lipinski definition) is 3. The van der Waals surface area contributed by atoms with Crippen molar-refractivity contribution < 1.29 is 14.3 Å². The number of urea groups is 1. The third-order valence-electron chi connectivity index (χ3n) is 3.30. The Morgan fingerprint density at radius 1 is 1.48 bits per heavy atom. The van der Waals surface area contributed by atoms with Crippen molar-refractivity contribution in [3.05, 3.63) is 28.8 Å². The zero-order valence-corrected chi connectivity index (χ0v) is 12.9. The quantitative estimate of drug-likeness (QED) is 0.794. The van der Waals surface area contributed by atoms with Crippen molar-refractivity contribution >= 4 is 17.6 Å². The molecule has 1 fully saturated rings. The van der Waals surface area contributed by atoms with E-state index in [1.54, 1.807) is 6.07 Å². The van der Waals surface area contributed by atoms with Gasteiger partial charge in [0.1, 0.15) is 12.4 Å². The van der Waals surface area contributed by atoms with Crippen LogP contribution in [0.4, 0.5) is 4.79 Å². The molecule has 0 bridgehead atoms. The Balaban J connectivity index is 1.58. The van der Waals surface area contributed by atoms with E-state index in [2.05, 4.69) is 10.6 Å². The normalized spacial score (nSPS) is 17.5. The van der Waals surface area contributed by atoms with Gasteiger partial charge in [0.2, 0.25) is 0 Å². The Morgan fingerprint density at radius 3 is 3.05 bits per heavy atom. The van der Waals surface area contributed by atoms with Crippen molar-refractivity contribution in [3.63, 3.8) is 0 Å². The number of nitrogens with one attached hydrogen (secondary N) is 2. The van der Waals surface area contributed by atoms with E-state index >= 15 is 0 Å². The number of carbonyl (C=O) groups excluding carboxylic acids is 1. The van der Waals surface area contributed by atoms with E-state index in [0.717, 1.165) is 30.8 Å². The maximum absolute atomic E-state index is 11.6. The van der Waals surface area contributed by atoms with Crippen LogP contribution in [0.3, 0.4) is 0 Å². The number of hydrogen-bond donors (Lipinski definition) is 2. The molecule has 0 radical (unpaired) electrons. The fourth-order valence-corrected chi connectivity index (χ4v) is 2.23. The van der Waals surface area contributed by atoms with Gasteiger partial charge in [0.15, 0.2) is 0 Å². The van der Waals surface area contributed by atoms with Crippen molar-refractivity contribution in [3.8, 4) is 5.75 Å². The first-order valence-corrected chi connectivity index (χ1v) is 7.55. The minimum atomic E-state index is -0.193. The summed E-state index contributed by atoms with van der Waals surface area (Å²) in [5.41, 5.74) is 0.969. The molecule has 0 saturated carbocycles. The van der Waals surface area contributed by atoms with Crippen molar-refractivity contribution in [2.24, 2.45) is 0 Å². The average Bonchev–Trinajstić information content (AvgIpc) is 2.98. The van der Waals surface area contributed by atoms with Crippen LogP contribution in [-0.2, 0) is 4.74 Å². The molecule has 21 heavy (non-hydrogen) atoms. The third-order valence-corrected chi connectivity index (χ3v) is 3.72. The van der Waals surface area contributed by atoms with Gasteiger partial charge in [0.25, 0.3) is 0 Å². The van der Waals surface area contributed by atoms with Gasteiger partial charge < -0.3 is 20.1 Å². The van der Waals surface area contributed by atoms with Gasteiger partial charge in [0.05, 0.1) is 12.6 Å². The van der Waals surface area contributed by atoms with Crippen molar-refractivity contribution in [2.75, 3.05) is 26.3 Å². The van der Waals surface area contributed by atoms with E-state index in [1.165, 1.54) is 0 Å². The molecule has 0 spiro atoms. The summed E-state index contributed by atoms with van der Waals surface area (Å²) in [4.78, 5) is 11.6. The maximum Gasteiger partial charge on any atom is 0.315 e. The molecule has 0 aromatic heterocycles. The van der Waals surface area contributed by atoms with Gasteiger partial charge in [-0.1, -0.05) is 11.6 Å². The molecule has 1 aliphatic heterocycles. The standard InChI is InChI=1S/C15H21ClN2O3/c1-11-9-12(4-5-14(11)16)21-8-6-17-15(19)18-10-13-3-2-7-20-13/h4-5,9,13H,2-3,6-8,10H2,1H3,(H2,17,18,19). The topological polar surface area (TPSA) is 59.6 Å². The zero-order chi connectivity index (χ0) is 15.1. The molecule has 2 N–H and O–H groups in total. The van der Waals surface area contributed by atoms with Crippen LogP contribution in [0.25, 0.3) is 0 Å². The minimum Gasteiger partial charge on any atom is -0.492 e. The molecule has 1 aromatic rings. The molecule has 1 saturated heterocycles. The minimum absolute atomic E-state index is 0.157. The Kier molecular flexibility index (Phi) is 6.14. The Labute approximate surface area is 130 Å². The molecule has 1 atom stereocenters. The summed E-state index contributed by atoms with van der Waals surface area (Å²) in [5, 5.41) is 6.25. The van der Waals surface area contributed by atoms with Crippen LogP contribution in [0, 0.1) is 6.92 Å². The second-order valence-corrected chi connectivity index (χ2v) is 5.44. The largest absolute Gasteiger partial charge is 0.492 e. The van der Waals surface area contributed by atoms with Gasteiger partial charge in [-0.05, 0) is 43.5 Å². The van der Waals surface area contributed by atoms with Crippen LogP contribution >= 0.6 is 11.6 Å². The van der Waals surface area contributed by atoms with E-state index in [1.807, 2.05) is 19.1 Å². The van der Waals surface area contributed by atoms with Crippen LogP contribution in [-0.4, -0.2) is 38.4 Å². The Bertz CT molecular complexity index is 476. The molecule has 6 heteroatoms. The molecule has 0 aliphatic carbocycles. The van der Waals surface area contributed by atoms with Crippen molar-refractivity contribution in [1.82, 2.24) is 10.6 Å². The summed E-state index contributed by atoms with van der Waals surface area (Å²) < 4.78 is 11.0. The molecular formula is C15H21ClN2O3. The SMILES string of the molecule is Cc1cc(OCCNC(=O)NCC2CCCO2)ccc1Cl. The molecule has 1 heterocycles. The predicted octanol–water partition coefficient (Wildman–Crippen LogP) is 2.51. The summed E-state index contributed by atoms with van der Waals surface area (Å²) in [6.45, 7) is 4.13. The van der Waals surface area contributed by atoms with Crippen LogP contribution < -0.4 is 15.4 Å². The fourth-order valence-electron chi connectivity index (χ4n) is 2.11. The summed E-state index contributed by atoms with van der Waals surface area (Å²) >= 11 is 5.94. The van der Waals surface area contributed by atoms with E-state index < -0.39 is 0 Å². The number of rotatable bonds is 6. The van der Waals surface area contributed by atoms with Crippen LogP contribution in [0.15, 0.2) is 18.2 Å². The summed E-state index contributed by atoms with van der Waals surface area (Å²) in [6, 6.07) is 5.29. The number of carbonyl (C=O) groups is 1. The number of halogens is 1. The Morgan fingerprint density at radius 2 is 2.33 bits per heavy atom. The lowest BCUT2D eigenvalue weighted by atomic mass is 10.2. The highest BCUT2D eigenvalue weighted by Crippen LogP contribution is 2.20. The number of amides is 2. The highest BCUT2D eigenvalue weighted by Gasteiger charge is 2.15. The lowest BCUT2D eigenvalue weighted by molar-refractivity contribution is 0.111. The second kappa shape index (κ2) is 8.10. The van der Waals surface area contributed by atoms with Gasteiger partial charge in [0, 0.05) is 18.2 Å². The monoisotopic (exact) mass is 312 g/mol. The van der Waals surface area contributed by atoms with Crippen LogP contribution in [0.5, 0.6) is 5.75 Å². The van der Waals surface area contributed by atoms with Crippen LogP contribution in [0.2, 0.25) is 5.02 Å². The first-order valence-electron chi connectivity index (χ1n) is 7.17. The lowest BCUT2D eigenvalue weighted by Crippen LogP contribution is -2.41.